The fourth-order valence-electron chi connectivity index (χ4n) is 1.27. The largest absolute Gasteiger partial charge is 0.496 e. The van der Waals surface area contributed by atoms with Gasteiger partial charge >= 0.3 is 0 Å². The first-order valence-corrected chi connectivity index (χ1v) is 4.45. The van der Waals surface area contributed by atoms with Crippen molar-refractivity contribution in [3.8, 4) is 0 Å². The van der Waals surface area contributed by atoms with Crippen LogP contribution < -0.4 is 5.73 Å². The van der Waals surface area contributed by atoms with Crippen LogP contribution >= 0.6 is 0 Å². The molecule has 0 saturated heterocycles. The lowest BCUT2D eigenvalue weighted by Crippen LogP contribution is -2.36. The van der Waals surface area contributed by atoms with Gasteiger partial charge in [0, 0.05) is 13.0 Å². The van der Waals surface area contributed by atoms with Gasteiger partial charge in [0.25, 0.3) is 0 Å². The maximum Gasteiger partial charge on any atom is 0.111 e. The molecular weight excluding hydrogens is 154 g/mol. The summed E-state index contributed by atoms with van der Waals surface area (Å²) in [6.07, 6.45) is 3.06. The maximum absolute atomic E-state index is 5.89. The van der Waals surface area contributed by atoms with E-state index < -0.39 is 0 Å². The Kier molecular flexibility index (Phi) is 3.56. The molecule has 0 radical (unpaired) electrons. The molecule has 70 valence electrons. The number of nitrogens with two attached hydrogens (primary N) is 1. The quantitative estimate of drug-likeness (QED) is 0.687. The number of ether oxygens (including phenoxy) is 2. The molecule has 2 atom stereocenters. The Morgan fingerprint density at radius 2 is 2.50 bits per heavy atom. The summed E-state index contributed by atoms with van der Waals surface area (Å²) in [5, 5.41) is 0. The Balaban J connectivity index is 2.39. The van der Waals surface area contributed by atoms with Crippen LogP contribution in [-0.4, -0.2) is 25.4 Å². The minimum atomic E-state index is -0.104. The average Bonchev–Trinajstić information content (AvgIpc) is 2.55. The Labute approximate surface area is 73.5 Å². The van der Waals surface area contributed by atoms with E-state index in [4.69, 9.17) is 15.2 Å². The van der Waals surface area contributed by atoms with Crippen molar-refractivity contribution < 1.29 is 9.47 Å². The Hall–Kier alpha value is -0.540. The zero-order chi connectivity index (χ0) is 8.97. The smallest absolute Gasteiger partial charge is 0.111 e. The highest BCUT2D eigenvalue weighted by atomic mass is 16.5. The molecule has 0 bridgehead atoms. The van der Waals surface area contributed by atoms with Crippen LogP contribution in [0.25, 0.3) is 0 Å². The molecule has 1 rings (SSSR count). The summed E-state index contributed by atoms with van der Waals surface area (Å²) >= 11 is 0. The average molecular weight is 171 g/mol. The van der Waals surface area contributed by atoms with Crippen molar-refractivity contribution in [2.45, 2.75) is 32.4 Å². The summed E-state index contributed by atoms with van der Waals surface area (Å²) in [6, 6.07) is -0.104. The van der Waals surface area contributed by atoms with Crippen LogP contribution in [0.15, 0.2) is 11.8 Å². The minimum Gasteiger partial charge on any atom is -0.496 e. The lowest BCUT2D eigenvalue weighted by atomic mass is 10.1. The summed E-state index contributed by atoms with van der Waals surface area (Å²) in [6.45, 7) is 5.40. The van der Waals surface area contributed by atoms with Gasteiger partial charge in [0.15, 0.2) is 0 Å². The lowest BCUT2D eigenvalue weighted by Gasteiger charge is -2.20. The lowest BCUT2D eigenvalue weighted by molar-refractivity contribution is 0.0510. The maximum atomic E-state index is 5.89. The van der Waals surface area contributed by atoms with Crippen molar-refractivity contribution in [3.63, 3.8) is 0 Å². The highest BCUT2D eigenvalue weighted by Crippen LogP contribution is 2.15. The highest BCUT2D eigenvalue weighted by molar-refractivity contribution is 5.07. The second kappa shape index (κ2) is 4.48. The molecule has 3 nitrogen and oxygen atoms in total. The van der Waals surface area contributed by atoms with Crippen molar-refractivity contribution >= 4 is 0 Å². The molecule has 0 aromatic heterocycles. The van der Waals surface area contributed by atoms with Crippen LogP contribution in [-0.2, 0) is 9.47 Å². The highest BCUT2D eigenvalue weighted by Gasteiger charge is 2.20. The summed E-state index contributed by atoms with van der Waals surface area (Å²) < 4.78 is 10.7. The van der Waals surface area contributed by atoms with Gasteiger partial charge < -0.3 is 15.2 Å². The Bertz CT molecular complexity index is 168. The van der Waals surface area contributed by atoms with E-state index in [1.807, 2.05) is 19.9 Å². The predicted octanol–water partition coefficient (Wildman–Crippen LogP) is 1.04. The molecule has 1 aliphatic rings. The summed E-state index contributed by atoms with van der Waals surface area (Å²) in [4.78, 5) is 0. The zero-order valence-electron chi connectivity index (χ0n) is 7.75. The third kappa shape index (κ3) is 2.22. The second-order valence-electron chi connectivity index (χ2n) is 2.93. The van der Waals surface area contributed by atoms with Gasteiger partial charge in [-0.2, -0.15) is 0 Å². The summed E-state index contributed by atoms with van der Waals surface area (Å²) in [5.74, 6) is 0.885. The van der Waals surface area contributed by atoms with Crippen LogP contribution in [0.2, 0.25) is 0 Å². The van der Waals surface area contributed by atoms with Crippen LogP contribution in [0.5, 0.6) is 0 Å². The van der Waals surface area contributed by atoms with Gasteiger partial charge in [0.05, 0.1) is 18.8 Å². The first-order valence-electron chi connectivity index (χ1n) is 4.45. The van der Waals surface area contributed by atoms with E-state index in [2.05, 4.69) is 0 Å². The SMILES string of the molecule is CCOC(C)C(N)C1=CCCO1. The van der Waals surface area contributed by atoms with Crippen molar-refractivity contribution in [2.75, 3.05) is 13.2 Å². The van der Waals surface area contributed by atoms with E-state index in [0.29, 0.717) is 6.61 Å². The predicted molar refractivity (Wildman–Crippen MR) is 47.7 cm³/mol. The zero-order valence-corrected chi connectivity index (χ0v) is 7.75. The minimum absolute atomic E-state index is 0.0411. The normalized spacial score (nSPS) is 21.4. The van der Waals surface area contributed by atoms with Crippen LogP contribution in [0.4, 0.5) is 0 Å². The van der Waals surface area contributed by atoms with E-state index >= 15 is 0 Å². The molecule has 1 heterocycles. The standard InChI is InChI=1S/C9H17NO2/c1-3-11-7(2)9(10)8-5-4-6-12-8/h5,7,9H,3-4,6,10H2,1-2H3. The van der Waals surface area contributed by atoms with Crippen molar-refractivity contribution in [1.29, 1.82) is 0 Å². The molecule has 2 unspecified atom stereocenters. The third-order valence-electron chi connectivity index (χ3n) is 2.00. The number of hydrogen-bond donors (Lipinski definition) is 1. The Morgan fingerprint density at radius 1 is 1.75 bits per heavy atom. The molecule has 1 aliphatic heterocycles. The first kappa shape index (κ1) is 9.55. The number of hydrogen-bond acceptors (Lipinski definition) is 3. The van der Waals surface area contributed by atoms with Crippen molar-refractivity contribution in [2.24, 2.45) is 5.73 Å². The molecule has 0 aromatic rings. The van der Waals surface area contributed by atoms with E-state index in [-0.39, 0.29) is 12.1 Å². The van der Waals surface area contributed by atoms with Gasteiger partial charge in [-0.15, -0.1) is 0 Å². The fourth-order valence-corrected chi connectivity index (χ4v) is 1.27. The molecule has 0 saturated carbocycles. The van der Waals surface area contributed by atoms with Crippen LogP contribution in [0.3, 0.4) is 0 Å². The van der Waals surface area contributed by atoms with E-state index in [1.165, 1.54) is 0 Å². The molecule has 0 aromatic carbocycles. The topological polar surface area (TPSA) is 44.5 Å². The Morgan fingerprint density at radius 3 is 3.00 bits per heavy atom. The molecule has 2 N–H and O–H groups in total. The van der Waals surface area contributed by atoms with Gasteiger partial charge in [-0.25, -0.2) is 0 Å². The van der Waals surface area contributed by atoms with Crippen molar-refractivity contribution in [3.05, 3.63) is 11.8 Å². The monoisotopic (exact) mass is 171 g/mol. The molecule has 0 spiro atoms. The second-order valence-corrected chi connectivity index (χ2v) is 2.93. The molecule has 0 fully saturated rings. The molecule has 0 amide bonds. The van der Waals surface area contributed by atoms with Crippen LogP contribution in [0, 0.1) is 0 Å². The fraction of sp³-hybridized carbons (Fsp3) is 0.778. The van der Waals surface area contributed by atoms with Gasteiger partial charge in [0.2, 0.25) is 0 Å². The van der Waals surface area contributed by atoms with E-state index in [0.717, 1.165) is 18.8 Å². The first-order chi connectivity index (χ1) is 5.75. The van der Waals surface area contributed by atoms with Gasteiger partial charge in [-0.3, -0.25) is 0 Å². The van der Waals surface area contributed by atoms with Gasteiger partial charge in [0.1, 0.15) is 5.76 Å². The summed E-state index contributed by atoms with van der Waals surface area (Å²) in [5.41, 5.74) is 5.89. The third-order valence-corrected chi connectivity index (χ3v) is 2.00. The van der Waals surface area contributed by atoms with Gasteiger partial charge in [-0.1, -0.05) is 0 Å². The van der Waals surface area contributed by atoms with Gasteiger partial charge in [-0.05, 0) is 19.9 Å². The van der Waals surface area contributed by atoms with Crippen molar-refractivity contribution in [1.82, 2.24) is 0 Å². The molecular formula is C9H17NO2. The van der Waals surface area contributed by atoms with E-state index in [1.54, 1.807) is 0 Å². The van der Waals surface area contributed by atoms with E-state index in [9.17, 15) is 0 Å². The molecule has 3 heteroatoms. The molecule has 12 heavy (non-hydrogen) atoms. The summed E-state index contributed by atoms with van der Waals surface area (Å²) in [7, 11) is 0. The number of rotatable bonds is 4. The van der Waals surface area contributed by atoms with Crippen LogP contribution in [0.1, 0.15) is 20.3 Å². The molecule has 0 aliphatic carbocycles.